The summed E-state index contributed by atoms with van der Waals surface area (Å²) >= 11 is 0. The molecule has 0 heterocycles. The molecule has 4 aromatic rings. The standard InChI is InChI=1S/C37H43F2O9PSi/c1-25(2)47-30-20-28(37(40)44-16-17-50(5,6)7)21-31(22-30)48-29-10-12-32(13-11-29)49(41,45-23-26-8-14-35(42-3)33(38)18-26)46-24-27-9-15-36(43-4)34(39)19-27/h8-15,18-22,25H,16-17,23-24H2,1-7H3. The third kappa shape index (κ3) is 11.1. The number of benzene rings is 4. The van der Waals surface area contributed by atoms with E-state index in [1.807, 2.05) is 13.8 Å². The molecule has 268 valence electrons. The molecule has 50 heavy (non-hydrogen) atoms. The Bertz CT molecular complexity index is 1750. The fourth-order valence-electron chi connectivity index (χ4n) is 4.56. The number of hydrogen-bond acceptors (Lipinski definition) is 9. The first-order valence-corrected chi connectivity index (χ1v) is 21.2. The van der Waals surface area contributed by atoms with Crippen molar-refractivity contribution in [2.75, 3.05) is 20.8 Å². The van der Waals surface area contributed by atoms with E-state index in [0.717, 1.165) is 6.04 Å². The van der Waals surface area contributed by atoms with Gasteiger partial charge in [0.2, 0.25) is 0 Å². The minimum Gasteiger partial charge on any atom is -0.494 e. The van der Waals surface area contributed by atoms with Crippen LogP contribution < -0.4 is 24.3 Å². The van der Waals surface area contributed by atoms with Crippen molar-refractivity contribution in [3.63, 3.8) is 0 Å². The molecule has 0 N–H and O–H groups in total. The number of esters is 1. The third-order valence-electron chi connectivity index (χ3n) is 7.20. The van der Waals surface area contributed by atoms with Crippen LogP contribution in [0.15, 0.2) is 78.9 Å². The molecular weight excluding hydrogens is 685 g/mol. The van der Waals surface area contributed by atoms with E-state index in [1.165, 1.54) is 50.6 Å². The van der Waals surface area contributed by atoms with Crippen LogP contribution in [-0.2, 0) is 31.6 Å². The van der Waals surface area contributed by atoms with E-state index >= 15 is 0 Å². The maximum atomic E-state index is 14.4. The van der Waals surface area contributed by atoms with Gasteiger partial charge >= 0.3 is 13.6 Å². The Morgan fingerprint density at radius 3 is 1.76 bits per heavy atom. The summed E-state index contributed by atoms with van der Waals surface area (Å²) in [6, 6.07) is 20.3. The molecule has 0 aliphatic carbocycles. The number of methoxy groups -OCH3 is 2. The Morgan fingerprint density at radius 1 is 0.740 bits per heavy atom. The first kappa shape index (κ1) is 38.6. The fourth-order valence-corrected chi connectivity index (χ4v) is 6.80. The largest absolute Gasteiger partial charge is 0.494 e. The predicted octanol–water partition coefficient (Wildman–Crippen LogP) is 9.31. The maximum Gasteiger partial charge on any atom is 0.361 e. The highest BCUT2D eigenvalue weighted by atomic mass is 31.2. The Labute approximate surface area is 292 Å². The van der Waals surface area contributed by atoms with Crippen LogP contribution in [-0.4, -0.2) is 41.0 Å². The average Bonchev–Trinajstić information content (AvgIpc) is 3.06. The Balaban J connectivity index is 1.57. The van der Waals surface area contributed by atoms with Gasteiger partial charge in [0.05, 0.1) is 51.0 Å². The van der Waals surface area contributed by atoms with Crippen molar-refractivity contribution in [2.45, 2.75) is 58.9 Å². The van der Waals surface area contributed by atoms with Crippen molar-refractivity contribution in [1.82, 2.24) is 0 Å². The quantitative estimate of drug-likeness (QED) is 0.0599. The molecule has 0 atom stereocenters. The van der Waals surface area contributed by atoms with Gasteiger partial charge in [-0.25, -0.2) is 13.6 Å². The van der Waals surface area contributed by atoms with Gasteiger partial charge in [0.25, 0.3) is 0 Å². The monoisotopic (exact) mass is 728 g/mol. The molecule has 0 aliphatic rings. The molecule has 0 amide bonds. The third-order valence-corrected chi connectivity index (χ3v) is 10.8. The zero-order valence-corrected chi connectivity index (χ0v) is 31.2. The Hall–Kier alpha value is -4.22. The molecule has 4 aromatic carbocycles. The maximum absolute atomic E-state index is 14.4. The molecule has 9 nitrogen and oxygen atoms in total. The molecular formula is C37H43F2O9PSi. The lowest BCUT2D eigenvalue weighted by Gasteiger charge is -2.20. The van der Waals surface area contributed by atoms with Crippen molar-refractivity contribution in [2.24, 2.45) is 0 Å². The second kappa shape index (κ2) is 17.1. The van der Waals surface area contributed by atoms with Crippen molar-refractivity contribution in [3.8, 4) is 28.7 Å². The van der Waals surface area contributed by atoms with Gasteiger partial charge in [0, 0.05) is 14.1 Å². The van der Waals surface area contributed by atoms with Crippen LogP contribution in [0.1, 0.15) is 35.3 Å². The fraction of sp³-hybridized carbons (Fsp3) is 0.324. The van der Waals surface area contributed by atoms with Gasteiger partial charge in [0.15, 0.2) is 23.1 Å². The highest BCUT2D eigenvalue weighted by molar-refractivity contribution is 7.62. The second-order valence-electron chi connectivity index (χ2n) is 12.9. The first-order valence-electron chi connectivity index (χ1n) is 16.0. The molecule has 0 fully saturated rings. The van der Waals surface area contributed by atoms with E-state index in [-0.39, 0.29) is 41.7 Å². The van der Waals surface area contributed by atoms with Crippen LogP contribution >= 0.6 is 7.60 Å². The number of rotatable bonds is 17. The van der Waals surface area contributed by atoms with Gasteiger partial charge in [-0.3, -0.25) is 4.57 Å². The minimum atomic E-state index is -4.08. The lowest BCUT2D eigenvalue weighted by Crippen LogP contribution is -2.22. The predicted molar refractivity (Wildman–Crippen MR) is 190 cm³/mol. The molecule has 0 aromatic heterocycles. The summed E-state index contributed by atoms with van der Waals surface area (Å²) < 4.78 is 82.1. The van der Waals surface area contributed by atoms with Crippen molar-refractivity contribution >= 4 is 26.9 Å². The first-order chi connectivity index (χ1) is 23.7. The summed E-state index contributed by atoms with van der Waals surface area (Å²) in [5.41, 5.74) is 1.06. The molecule has 4 rings (SSSR count). The number of hydrogen-bond donors (Lipinski definition) is 0. The van der Waals surface area contributed by atoms with Crippen LogP contribution in [0.4, 0.5) is 8.78 Å². The molecule has 13 heteroatoms. The van der Waals surface area contributed by atoms with Crippen molar-refractivity contribution in [3.05, 3.63) is 107 Å². The van der Waals surface area contributed by atoms with E-state index in [2.05, 4.69) is 19.6 Å². The molecule has 0 saturated heterocycles. The summed E-state index contributed by atoms with van der Waals surface area (Å²) in [5, 5.41) is 0.177. The van der Waals surface area contributed by atoms with Crippen LogP contribution in [0.5, 0.6) is 28.7 Å². The van der Waals surface area contributed by atoms with E-state index in [9.17, 15) is 18.1 Å². The lowest BCUT2D eigenvalue weighted by atomic mass is 10.2. The van der Waals surface area contributed by atoms with Crippen molar-refractivity contribution < 1.29 is 50.9 Å². The van der Waals surface area contributed by atoms with Gasteiger partial charge in [-0.05, 0) is 91.7 Å². The summed E-state index contributed by atoms with van der Waals surface area (Å²) in [7, 11) is -2.78. The zero-order chi connectivity index (χ0) is 36.5. The molecule has 0 spiro atoms. The molecule has 0 saturated carbocycles. The van der Waals surface area contributed by atoms with Gasteiger partial charge in [-0.15, -0.1) is 0 Å². The van der Waals surface area contributed by atoms with Gasteiger partial charge in [0.1, 0.15) is 17.2 Å². The van der Waals surface area contributed by atoms with E-state index < -0.39 is 33.3 Å². The SMILES string of the molecule is COc1ccc(COP(=O)(OCc2ccc(OC)c(F)c2)c2ccc(Oc3cc(OC(C)C)cc(C(=O)OCC[Si](C)(C)C)c3)cc2)cc1F. The summed E-state index contributed by atoms with van der Waals surface area (Å²) in [6.07, 6.45) is -0.154. The van der Waals surface area contributed by atoms with Gasteiger partial charge in [-0.2, -0.15) is 0 Å². The Morgan fingerprint density at radius 2 is 1.28 bits per heavy atom. The van der Waals surface area contributed by atoms with Crippen LogP contribution in [0.3, 0.4) is 0 Å². The molecule has 0 aliphatic heterocycles. The highest BCUT2D eigenvalue weighted by Gasteiger charge is 2.29. The number of carbonyl (C=O) groups excluding carboxylic acids is 1. The second-order valence-corrected chi connectivity index (χ2v) is 20.5. The van der Waals surface area contributed by atoms with Gasteiger partial charge < -0.3 is 32.7 Å². The summed E-state index contributed by atoms with van der Waals surface area (Å²) in [4.78, 5) is 12.9. The minimum absolute atomic E-state index is 0.0534. The number of halogens is 2. The smallest absolute Gasteiger partial charge is 0.361 e. The summed E-state index contributed by atoms with van der Waals surface area (Å²) in [5.74, 6) is -0.476. The average molecular weight is 729 g/mol. The Kier molecular flexibility index (Phi) is 13.2. The van der Waals surface area contributed by atoms with Crippen LogP contribution in [0.2, 0.25) is 25.7 Å². The summed E-state index contributed by atoms with van der Waals surface area (Å²) in [6.45, 7) is 10.2. The topological polar surface area (TPSA) is 98.8 Å². The van der Waals surface area contributed by atoms with Gasteiger partial charge in [-0.1, -0.05) is 31.8 Å². The van der Waals surface area contributed by atoms with E-state index in [1.54, 1.807) is 42.5 Å². The van der Waals surface area contributed by atoms with Crippen LogP contribution in [0, 0.1) is 11.6 Å². The molecule has 0 radical (unpaired) electrons. The lowest BCUT2D eigenvalue weighted by molar-refractivity contribution is 0.0524. The van der Waals surface area contributed by atoms with Crippen molar-refractivity contribution in [1.29, 1.82) is 0 Å². The molecule has 0 unspecified atom stereocenters. The van der Waals surface area contributed by atoms with E-state index in [0.29, 0.717) is 35.0 Å². The molecule has 0 bridgehead atoms. The van der Waals surface area contributed by atoms with Crippen LogP contribution in [0.25, 0.3) is 0 Å². The normalized spacial score (nSPS) is 11.7. The highest BCUT2D eigenvalue weighted by Crippen LogP contribution is 2.49. The number of carbonyl (C=O) groups is 1. The van der Waals surface area contributed by atoms with E-state index in [4.69, 9.17) is 32.7 Å². The number of ether oxygens (including phenoxy) is 5. The zero-order valence-electron chi connectivity index (χ0n) is 29.3.